The molecule has 0 saturated heterocycles. The number of aliphatic hydroxyl groups is 2. The van der Waals surface area contributed by atoms with Gasteiger partial charge in [0.25, 0.3) is 0 Å². The number of carboxylic acids is 1. The van der Waals surface area contributed by atoms with Crippen LogP contribution in [-0.4, -0.2) is 51.5 Å². The minimum absolute atomic E-state index is 0.310. The van der Waals surface area contributed by atoms with E-state index in [9.17, 15) is 14.7 Å². The van der Waals surface area contributed by atoms with Crippen LogP contribution in [-0.2, 0) is 9.59 Å². The number of amides is 1. The molecule has 2 unspecified atom stereocenters. The van der Waals surface area contributed by atoms with Gasteiger partial charge < -0.3 is 20.6 Å². The van der Waals surface area contributed by atoms with Crippen LogP contribution in [0.2, 0.25) is 0 Å². The van der Waals surface area contributed by atoms with Crippen molar-refractivity contribution in [2.24, 2.45) is 0 Å². The average Bonchev–Trinajstić information content (AvgIpc) is 2.41. The third kappa shape index (κ3) is 7.17. The Bertz CT molecular complexity index is 373. The van der Waals surface area contributed by atoms with Crippen LogP contribution in [0.15, 0.2) is 24.6 Å². The van der Waals surface area contributed by atoms with Crippen molar-refractivity contribution in [2.45, 2.75) is 25.1 Å². The lowest BCUT2D eigenvalue weighted by molar-refractivity contribution is -0.135. The predicted octanol–water partition coefficient (Wildman–Crippen LogP) is 0.192. The van der Waals surface area contributed by atoms with Crippen LogP contribution >= 0.6 is 11.8 Å². The lowest BCUT2D eigenvalue weighted by Crippen LogP contribution is -2.50. The number of allylic oxidation sites excluding steroid dienone is 1. The van der Waals surface area contributed by atoms with E-state index < -0.39 is 29.8 Å². The molecule has 0 aliphatic rings. The molecule has 20 heavy (non-hydrogen) atoms. The highest BCUT2D eigenvalue weighted by Gasteiger charge is 2.23. The molecule has 0 radical (unpaired) electrons. The summed E-state index contributed by atoms with van der Waals surface area (Å²) in [6.07, 6.45) is 3.80. The van der Waals surface area contributed by atoms with Crippen LogP contribution in [0, 0.1) is 0 Å². The Kier molecular flexibility index (Phi) is 9.52. The number of nitrogens with one attached hydrogen (secondary N) is 2. The van der Waals surface area contributed by atoms with Gasteiger partial charge in [-0.15, -0.1) is 6.58 Å². The molecule has 5 N–H and O–H groups in total. The van der Waals surface area contributed by atoms with Gasteiger partial charge in [0.1, 0.15) is 12.5 Å². The molecule has 0 spiro atoms. The van der Waals surface area contributed by atoms with Gasteiger partial charge in [0.2, 0.25) is 5.91 Å². The summed E-state index contributed by atoms with van der Waals surface area (Å²) in [5.41, 5.74) is -0.622. The van der Waals surface area contributed by atoms with Crippen molar-refractivity contribution >= 4 is 23.6 Å². The summed E-state index contributed by atoms with van der Waals surface area (Å²) in [4.78, 5) is 22.6. The molecule has 0 bridgehead atoms. The zero-order chi connectivity index (χ0) is 15.5. The van der Waals surface area contributed by atoms with Gasteiger partial charge in [-0.3, -0.25) is 10.1 Å². The quantitative estimate of drug-likeness (QED) is 0.169. The number of aliphatic hydroxyl groups excluding tert-OH is 2. The average molecular weight is 304 g/mol. The second-order valence-corrected chi connectivity index (χ2v) is 4.80. The first-order chi connectivity index (χ1) is 9.46. The predicted molar refractivity (Wildman–Crippen MR) is 77.2 cm³/mol. The number of aliphatic carboxylic acids is 1. The Hall–Kier alpha value is -1.51. The van der Waals surface area contributed by atoms with Gasteiger partial charge in [-0.1, -0.05) is 6.08 Å². The SMILES string of the molecule is C=CCCC(O)NC(CSC)C(=O)N/C(=C/O)C(=O)O. The molecular weight excluding hydrogens is 284 g/mol. The van der Waals surface area contributed by atoms with E-state index in [1.54, 1.807) is 12.3 Å². The molecule has 0 aromatic heterocycles. The van der Waals surface area contributed by atoms with Gasteiger partial charge in [0.05, 0.1) is 6.04 Å². The fraction of sp³-hybridized carbons (Fsp3) is 0.500. The summed E-state index contributed by atoms with van der Waals surface area (Å²) in [5.74, 6) is -1.74. The first-order valence-electron chi connectivity index (χ1n) is 5.88. The van der Waals surface area contributed by atoms with Crippen molar-refractivity contribution in [3.05, 3.63) is 24.6 Å². The monoisotopic (exact) mass is 304 g/mol. The van der Waals surface area contributed by atoms with Gasteiger partial charge in [-0.25, -0.2) is 4.79 Å². The van der Waals surface area contributed by atoms with Gasteiger partial charge in [-0.2, -0.15) is 11.8 Å². The molecule has 0 aliphatic heterocycles. The fourth-order valence-corrected chi connectivity index (χ4v) is 1.90. The van der Waals surface area contributed by atoms with E-state index in [4.69, 9.17) is 10.2 Å². The standard InChI is InChI=1S/C12H20N2O5S/c1-3-4-5-10(16)13-9(7-20-2)11(17)14-8(6-15)12(18)19/h3,6,9-10,13,15-16H,1,4-5,7H2,2H3,(H,14,17)(H,18,19)/b8-6+. The normalized spacial score (nSPS) is 14.4. The van der Waals surface area contributed by atoms with Crippen LogP contribution in [0.5, 0.6) is 0 Å². The molecule has 0 heterocycles. The smallest absolute Gasteiger partial charge is 0.355 e. The van der Waals surface area contributed by atoms with Crippen LogP contribution in [0.3, 0.4) is 0 Å². The topological polar surface area (TPSA) is 119 Å². The largest absolute Gasteiger partial charge is 0.513 e. The Morgan fingerprint density at radius 2 is 2.10 bits per heavy atom. The molecule has 7 nitrogen and oxygen atoms in total. The highest BCUT2D eigenvalue weighted by atomic mass is 32.2. The molecule has 2 atom stereocenters. The summed E-state index contributed by atoms with van der Waals surface area (Å²) in [7, 11) is 0. The highest BCUT2D eigenvalue weighted by Crippen LogP contribution is 2.03. The van der Waals surface area contributed by atoms with Crippen molar-refractivity contribution < 1.29 is 24.9 Å². The Morgan fingerprint density at radius 1 is 1.45 bits per heavy atom. The summed E-state index contributed by atoms with van der Waals surface area (Å²) < 4.78 is 0. The van der Waals surface area contributed by atoms with Crippen molar-refractivity contribution in [3.8, 4) is 0 Å². The van der Waals surface area contributed by atoms with Crippen molar-refractivity contribution in [2.75, 3.05) is 12.0 Å². The first kappa shape index (κ1) is 18.5. The van der Waals surface area contributed by atoms with Crippen molar-refractivity contribution in [1.29, 1.82) is 0 Å². The van der Waals surface area contributed by atoms with Crippen LogP contribution < -0.4 is 10.6 Å². The van der Waals surface area contributed by atoms with E-state index in [-0.39, 0.29) is 0 Å². The lowest BCUT2D eigenvalue weighted by Gasteiger charge is -2.21. The third-order valence-electron chi connectivity index (χ3n) is 2.30. The highest BCUT2D eigenvalue weighted by molar-refractivity contribution is 7.98. The molecule has 0 rings (SSSR count). The van der Waals surface area contributed by atoms with E-state index in [0.29, 0.717) is 24.9 Å². The van der Waals surface area contributed by atoms with E-state index in [2.05, 4.69) is 17.2 Å². The Balaban J connectivity index is 4.60. The Labute approximate surface area is 121 Å². The molecule has 1 amide bonds. The third-order valence-corrected chi connectivity index (χ3v) is 2.97. The summed E-state index contributed by atoms with van der Waals surface area (Å²) >= 11 is 1.36. The number of thioether (sulfide) groups is 1. The molecular formula is C12H20N2O5S. The Morgan fingerprint density at radius 3 is 2.55 bits per heavy atom. The number of rotatable bonds is 10. The molecule has 0 aliphatic carbocycles. The summed E-state index contributed by atoms with van der Waals surface area (Å²) in [6.45, 7) is 3.53. The number of hydrogen-bond acceptors (Lipinski definition) is 6. The minimum Gasteiger partial charge on any atom is -0.513 e. The maximum atomic E-state index is 11.9. The van der Waals surface area contributed by atoms with Gasteiger partial charge in [0, 0.05) is 5.75 Å². The minimum atomic E-state index is -1.45. The second-order valence-electron chi connectivity index (χ2n) is 3.89. The van der Waals surface area contributed by atoms with Gasteiger partial charge in [-0.05, 0) is 19.1 Å². The van der Waals surface area contributed by atoms with Crippen LogP contribution in [0.25, 0.3) is 0 Å². The fourth-order valence-electron chi connectivity index (χ4n) is 1.32. The molecule has 0 fully saturated rings. The first-order valence-corrected chi connectivity index (χ1v) is 7.28. The lowest BCUT2D eigenvalue weighted by atomic mass is 10.2. The number of carbonyl (C=O) groups excluding carboxylic acids is 1. The second kappa shape index (κ2) is 10.3. The van der Waals surface area contributed by atoms with Crippen LogP contribution in [0.1, 0.15) is 12.8 Å². The zero-order valence-corrected chi connectivity index (χ0v) is 12.0. The van der Waals surface area contributed by atoms with Gasteiger partial charge in [0.15, 0.2) is 5.70 Å². The molecule has 114 valence electrons. The van der Waals surface area contributed by atoms with E-state index in [1.807, 2.05) is 0 Å². The maximum Gasteiger partial charge on any atom is 0.355 e. The number of carbonyl (C=O) groups is 2. The van der Waals surface area contributed by atoms with E-state index in [1.165, 1.54) is 11.8 Å². The molecule has 0 aromatic rings. The summed E-state index contributed by atoms with van der Waals surface area (Å²) in [5, 5.41) is 31.9. The van der Waals surface area contributed by atoms with Crippen molar-refractivity contribution in [3.63, 3.8) is 0 Å². The van der Waals surface area contributed by atoms with E-state index >= 15 is 0 Å². The van der Waals surface area contributed by atoms with E-state index in [0.717, 1.165) is 0 Å². The molecule has 0 aromatic carbocycles. The van der Waals surface area contributed by atoms with Crippen molar-refractivity contribution in [1.82, 2.24) is 10.6 Å². The van der Waals surface area contributed by atoms with Crippen LogP contribution in [0.4, 0.5) is 0 Å². The zero-order valence-electron chi connectivity index (χ0n) is 11.2. The van der Waals surface area contributed by atoms with Gasteiger partial charge >= 0.3 is 5.97 Å². The number of carboxylic acid groups (broad SMARTS) is 1. The summed E-state index contributed by atoms with van der Waals surface area (Å²) in [6, 6.07) is -0.779. The number of hydrogen-bond donors (Lipinski definition) is 5. The molecule has 0 saturated carbocycles. The maximum absolute atomic E-state index is 11.9. The molecule has 8 heteroatoms.